The Balaban J connectivity index is 1.93. The Labute approximate surface area is 170 Å². The Morgan fingerprint density at radius 1 is 0.500 bits per heavy atom. The molecule has 0 amide bonds. The van der Waals surface area contributed by atoms with Gasteiger partial charge in [-0.15, -0.1) is 0 Å². The molecule has 0 fully saturated rings. The average Bonchev–Trinajstić information content (AvgIpc) is 2.79. The van der Waals surface area contributed by atoms with E-state index in [4.69, 9.17) is 0 Å². The molecule has 0 saturated carbocycles. The molecule has 0 radical (unpaired) electrons. The van der Waals surface area contributed by atoms with E-state index >= 15 is 0 Å². The van der Waals surface area contributed by atoms with Gasteiger partial charge in [-0.3, -0.25) is 0 Å². The van der Waals surface area contributed by atoms with E-state index < -0.39 is 13.3 Å². The topological polar surface area (TPSA) is 0 Å². The molecule has 0 saturated heterocycles. The normalized spacial score (nSPS) is 10.7. The van der Waals surface area contributed by atoms with Crippen LogP contribution < -0.4 is 8.79 Å². The van der Waals surface area contributed by atoms with Gasteiger partial charge < -0.3 is 0 Å². The molecule has 0 bridgehead atoms. The molecule has 0 spiro atoms. The van der Waals surface area contributed by atoms with E-state index in [9.17, 15) is 0 Å². The molecular formula is C27H22Ge. The van der Waals surface area contributed by atoms with Crippen LogP contribution in [-0.2, 0) is 5.25 Å². The Kier molecular flexibility index (Phi) is 5.75. The molecule has 0 heterocycles. The van der Waals surface area contributed by atoms with Gasteiger partial charge in [0.15, 0.2) is 0 Å². The zero-order chi connectivity index (χ0) is 19.1. The summed E-state index contributed by atoms with van der Waals surface area (Å²) in [6, 6.07) is 43.0. The van der Waals surface area contributed by atoms with Crippen molar-refractivity contribution in [3.8, 4) is 10.7 Å². The quantitative estimate of drug-likeness (QED) is 0.335. The van der Waals surface area contributed by atoms with Crippen molar-refractivity contribution >= 4 is 22.1 Å². The van der Waals surface area contributed by atoms with Gasteiger partial charge in [0, 0.05) is 0 Å². The van der Waals surface area contributed by atoms with Crippen LogP contribution in [0.3, 0.4) is 0 Å². The fourth-order valence-corrected chi connectivity index (χ4v) is 11.7. The second kappa shape index (κ2) is 8.78. The molecular weight excluding hydrogens is 397 g/mol. The third-order valence-electron chi connectivity index (χ3n) is 5.04. The van der Waals surface area contributed by atoms with Crippen molar-refractivity contribution in [1.29, 1.82) is 0 Å². The zero-order valence-corrected chi connectivity index (χ0v) is 17.9. The van der Waals surface area contributed by atoms with Crippen molar-refractivity contribution in [2.75, 3.05) is 0 Å². The van der Waals surface area contributed by atoms with Gasteiger partial charge in [-0.05, 0) is 0 Å². The van der Waals surface area contributed by atoms with Crippen molar-refractivity contribution in [3.05, 3.63) is 132 Å². The maximum absolute atomic E-state index is 3.87. The second-order valence-corrected chi connectivity index (χ2v) is 14.4. The first-order valence-corrected chi connectivity index (χ1v) is 14.2. The standard InChI is InChI=1S/C27H22Ge/c1-5-13-24(14-6-1)21-22-28(26-17-9-3-10-18-26,27-19-11-4-12-20-27)23-25-15-7-2-8-16-25/h1-20H,23H2. The van der Waals surface area contributed by atoms with Crippen molar-refractivity contribution in [2.45, 2.75) is 5.25 Å². The SMILES string of the molecule is C(#[C][Ge]([CH2]c1ccccc1)([c]1ccccc1)[c]1ccccc1)c1ccccc1. The molecule has 28 heavy (non-hydrogen) atoms. The van der Waals surface area contributed by atoms with Crippen LogP contribution in [0.1, 0.15) is 11.1 Å². The second-order valence-electron chi connectivity index (χ2n) is 6.92. The van der Waals surface area contributed by atoms with Crippen LogP contribution in [0.25, 0.3) is 0 Å². The molecule has 4 aromatic carbocycles. The molecule has 0 N–H and O–H groups in total. The number of hydrogen-bond acceptors (Lipinski definition) is 0. The summed E-state index contributed by atoms with van der Waals surface area (Å²) in [7, 11) is 0. The molecule has 0 aliphatic heterocycles. The van der Waals surface area contributed by atoms with Gasteiger partial charge in [-0.1, -0.05) is 0 Å². The third-order valence-corrected chi connectivity index (χ3v) is 13.7. The van der Waals surface area contributed by atoms with E-state index in [0.29, 0.717) is 0 Å². The van der Waals surface area contributed by atoms with E-state index in [-0.39, 0.29) is 0 Å². The summed E-state index contributed by atoms with van der Waals surface area (Å²) in [4.78, 5) is 0. The fourth-order valence-electron chi connectivity index (χ4n) is 3.61. The Morgan fingerprint density at radius 2 is 0.929 bits per heavy atom. The Bertz CT molecular complexity index is 1020. The zero-order valence-electron chi connectivity index (χ0n) is 15.8. The number of benzene rings is 4. The predicted octanol–water partition coefficient (Wildman–Crippen LogP) is 4.62. The van der Waals surface area contributed by atoms with E-state index in [1.54, 1.807) is 0 Å². The summed E-state index contributed by atoms with van der Waals surface area (Å²) in [5.74, 6) is 3.54. The average molecular weight is 419 g/mol. The Hall–Kier alpha value is -3.02. The van der Waals surface area contributed by atoms with Gasteiger partial charge in [-0.25, -0.2) is 0 Å². The fraction of sp³-hybridized carbons (Fsp3) is 0.0370. The minimum absolute atomic E-state index is 1.01. The van der Waals surface area contributed by atoms with Crippen molar-refractivity contribution in [2.24, 2.45) is 0 Å². The summed E-state index contributed by atoms with van der Waals surface area (Å²) >= 11 is -3.00. The molecule has 134 valence electrons. The van der Waals surface area contributed by atoms with Crippen molar-refractivity contribution in [3.63, 3.8) is 0 Å². The molecule has 0 aliphatic rings. The van der Waals surface area contributed by atoms with Crippen LogP contribution in [0.4, 0.5) is 0 Å². The van der Waals surface area contributed by atoms with Crippen LogP contribution >= 0.6 is 0 Å². The molecule has 0 aromatic heterocycles. The molecule has 0 nitrogen and oxygen atoms in total. The van der Waals surface area contributed by atoms with Gasteiger partial charge in [0.2, 0.25) is 0 Å². The Morgan fingerprint density at radius 3 is 1.43 bits per heavy atom. The van der Waals surface area contributed by atoms with E-state index in [0.717, 1.165) is 10.8 Å². The van der Waals surface area contributed by atoms with Gasteiger partial charge in [0.05, 0.1) is 0 Å². The van der Waals surface area contributed by atoms with Crippen LogP contribution in [0, 0.1) is 10.7 Å². The summed E-state index contributed by atoms with van der Waals surface area (Å²) in [6.45, 7) is 0. The van der Waals surface area contributed by atoms with Gasteiger partial charge in [-0.2, -0.15) is 0 Å². The molecule has 0 aliphatic carbocycles. The molecule has 0 unspecified atom stereocenters. The molecule has 1 heteroatoms. The first-order valence-electron chi connectivity index (χ1n) is 9.60. The van der Waals surface area contributed by atoms with E-state index in [1.807, 2.05) is 6.07 Å². The first kappa shape index (κ1) is 18.4. The maximum atomic E-state index is 3.87. The molecule has 4 aromatic rings. The minimum atomic E-state index is -3.00. The number of hydrogen-bond donors (Lipinski definition) is 0. The van der Waals surface area contributed by atoms with Crippen molar-refractivity contribution in [1.82, 2.24) is 0 Å². The summed E-state index contributed by atoms with van der Waals surface area (Å²) in [5.41, 5.74) is 2.44. The molecule has 0 atom stereocenters. The van der Waals surface area contributed by atoms with E-state index in [2.05, 4.69) is 126 Å². The summed E-state index contributed by atoms with van der Waals surface area (Å²) < 4.78 is 6.68. The monoisotopic (exact) mass is 420 g/mol. The predicted molar refractivity (Wildman–Crippen MR) is 121 cm³/mol. The van der Waals surface area contributed by atoms with Gasteiger partial charge in [0.1, 0.15) is 0 Å². The van der Waals surface area contributed by atoms with Crippen LogP contribution in [0.15, 0.2) is 121 Å². The van der Waals surface area contributed by atoms with Gasteiger partial charge >= 0.3 is 170 Å². The first-order chi connectivity index (χ1) is 13.9. The van der Waals surface area contributed by atoms with E-state index in [1.165, 1.54) is 14.4 Å². The summed E-state index contributed by atoms with van der Waals surface area (Å²) in [6.07, 6.45) is 0. The van der Waals surface area contributed by atoms with Crippen LogP contribution in [-0.4, -0.2) is 13.3 Å². The molecule has 4 rings (SSSR count). The third kappa shape index (κ3) is 4.11. The summed E-state index contributed by atoms with van der Waals surface area (Å²) in [5, 5.41) is 1.01. The van der Waals surface area contributed by atoms with Gasteiger partial charge in [0.25, 0.3) is 0 Å². The van der Waals surface area contributed by atoms with Crippen molar-refractivity contribution < 1.29 is 0 Å². The van der Waals surface area contributed by atoms with Crippen LogP contribution in [0.5, 0.6) is 0 Å². The number of rotatable bonds is 4. The van der Waals surface area contributed by atoms with Crippen LogP contribution in [0.2, 0.25) is 0 Å².